The minimum Gasteiger partial charge on any atom is -0.469 e. The van der Waals surface area contributed by atoms with Gasteiger partial charge in [0.2, 0.25) is 0 Å². The maximum absolute atomic E-state index is 13.3. The lowest BCUT2D eigenvalue weighted by Gasteiger charge is -2.23. The summed E-state index contributed by atoms with van der Waals surface area (Å²) in [6.07, 6.45) is 4.77. The second-order valence-corrected chi connectivity index (χ2v) is 4.98. The molecule has 4 heteroatoms. The first kappa shape index (κ1) is 11.6. The van der Waals surface area contributed by atoms with E-state index >= 15 is 0 Å². The van der Waals surface area contributed by atoms with E-state index in [1.165, 1.54) is 17.7 Å². The summed E-state index contributed by atoms with van der Waals surface area (Å²) in [7, 11) is 0. The largest absolute Gasteiger partial charge is 0.469 e. The van der Waals surface area contributed by atoms with Crippen LogP contribution in [0.2, 0.25) is 5.02 Å². The molecule has 1 N–H and O–H groups in total. The zero-order valence-electron chi connectivity index (χ0n) is 9.75. The molecule has 0 aliphatic heterocycles. The minimum absolute atomic E-state index is 0.172. The van der Waals surface area contributed by atoms with Gasteiger partial charge in [0.25, 0.3) is 0 Å². The highest BCUT2D eigenvalue weighted by Crippen LogP contribution is 2.33. The van der Waals surface area contributed by atoms with E-state index in [2.05, 4.69) is 5.32 Å². The van der Waals surface area contributed by atoms with E-state index in [0.717, 1.165) is 25.0 Å². The highest BCUT2D eigenvalue weighted by molar-refractivity contribution is 6.30. The molecule has 0 amide bonds. The van der Waals surface area contributed by atoms with Gasteiger partial charge in [0.15, 0.2) is 0 Å². The van der Waals surface area contributed by atoms with Gasteiger partial charge < -0.3 is 9.73 Å². The van der Waals surface area contributed by atoms with Crippen LogP contribution in [-0.2, 0) is 6.42 Å². The lowest BCUT2D eigenvalue weighted by atomic mass is 9.93. The van der Waals surface area contributed by atoms with Crippen LogP contribution in [-0.4, -0.2) is 0 Å². The molecule has 0 fully saturated rings. The predicted octanol–water partition coefficient (Wildman–Crippen LogP) is 4.56. The van der Waals surface area contributed by atoms with E-state index in [1.54, 1.807) is 12.3 Å². The average molecular weight is 266 g/mol. The number of hydrogen-bond donors (Lipinski definition) is 1. The number of aryl methyl sites for hydroxylation is 1. The van der Waals surface area contributed by atoms with Crippen LogP contribution < -0.4 is 5.32 Å². The van der Waals surface area contributed by atoms with E-state index in [0.29, 0.717) is 10.7 Å². The third-order valence-corrected chi connectivity index (χ3v) is 3.47. The molecule has 1 atom stereocenters. The van der Waals surface area contributed by atoms with Crippen molar-refractivity contribution in [3.05, 3.63) is 52.7 Å². The number of hydrogen-bond acceptors (Lipinski definition) is 2. The van der Waals surface area contributed by atoms with Gasteiger partial charge in [-0.2, -0.15) is 0 Å². The molecule has 18 heavy (non-hydrogen) atoms. The molecule has 2 nitrogen and oxygen atoms in total. The molecule has 2 aromatic rings. The van der Waals surface area contributed by atoms with Gasteiger partial charge in [-0.1, -0.05) is 11.6 Å². The van der Waals surface area contributed by atoms with Crippen molar-refractivity contribution in [1.29, 1.82) is 0 Å². The van der Waals surface area contributed by atoms with E-state index in [-0.39, 0.29) is 11.9 Å². The Hall–Kier alpha value is -1.48. The van der Waals surface area contributed by atoms with E-state index in [1.807, 2.05) is 6.07 Å². The zero-order valence-corrected chi connectivity index (χ0v) is 10.5. The first-order valence-corrected chi connectivity index (χ1v) is 6.39. The summed E-state index contributed by atoms with van der Waals surface area (Å²) < 4.78 is 18.7. The van der Waals surface area contributed by atoms with Crippen molar-refractivity contribution >= 4 is 17.3 Å². The van der Waals surface area contributed by atoms with Crippen molar-refractivity contribution in [3.63, 3.8) is 0 Å². The van der Waals surface area contributed by atoms with Gasteiger partial charge in [-0.15, -0.1) is 0 Å². The topological polar surface area (TPSA) is 25.2 Å². The third kappa shape index (κ3) is 2.23. The Labute approximate surface area is 110 Å². The molecule has 94 valence electrons. The van der Waals surface area contributed by atoms with Crippen LogP contribution in [0.15, 0.2) is 34.9 Å². The van der Waals surface area contributed by atoms with Crippen LogP contribution in [0, 0.1) is 5.82 Å². The normalized spacial score (nSPS) is 18.4. The quantitative estimate of drug-likeness (QED) is 0.861. The molecular weight excluding hydrogens is 253 g/mol. The number of nitrogens with one attached hydrogen (secondary N) is 1. The fourth-order valence-corrected chi connectivity index (χ4v) is 2.70. The molecule has 1 aliphatic rings. The van der Waals surface area contributed by atoms with Gasteiger partial charge in [0.05, 0.1) is 12.3 Å². The van der Waals surface area contributed by atoms with E-state index in [4.69, 9.17) is 16.0 Å². The molecule has 1 heterocycles. The van der Waals surface area contributed by atoms with E-state index in [9.17, 15) is 4.39 Å². The van der Waals surface area contributed by atoms with Crippen molar-refractivity contribution in [1.82, 2.24) is 0 Å². The minimum atomic E-state index is -0.326. The second-order valence-electron chi connectivity index (χ2n) is 4.55. The van der Waals surface area contributed by atoms with Crippen molar-refractivity contribution < 1.29 is 8.81 Å². The summed E-state index contributed by atoms with van der Waals surface area (Å²) >= 11 is 5.85. The van der Waals surface area contributed by atoms with Gasteiger partial charge in [0, 0.05) is 22.7 Å². The Morgan fingerprint density at radius 3 is 3.06 bits per heavy atom. The van der Waals surface area contributed by atoms with E-state index < -0.39 is 0 Å². The van der Waals surface area contributed by atoms with Crippen molar-refractivity contribution in [2.24, 2.45) is 0 Å². The van der Waals surface area contributed by atoms with Crippen LogP contribution in [0.1, 0.15) is 30.2 Å². The number of rotatable bonds is 2. The summed E-state index contributed by atoms with van der Waals surface area (Å²) in [5.74, 6) is 0.703. The standard InChI is InChI=1S/C14H13ClFNO/c15-9-6-10(16)8-11(7-9)17-13-2-1-3-14-12(13)4-5-18-14/h4-8,13,17H,1-3H2. The highest BCUT2D eigenvalue weighted by atomic mass is 35.5. The van der Waals surface area contributed by atoms with Crippen molar-refractivity contribution in [2.45, 2.75) is 25.3 Å². The van der Waals surface area contributed by atoms with Gasteiger partial charge in [-0.25, -0.2) is 4.39 Å². The Morgan fingerprint density at radius 1 is 1.33 bits per heavy atom. The molecule has 0 bridgehead atoms. The summed E-state index contributed by atoms with van der Waals surface area (Å²) in [6, 6.07) is 6.65. The van der Waals surface area contributed by atoms with Gasteiger partial charge >= 0.3 is 0 Å². The summed E-state index contributed by atoms with van der Waals surface area (Å²) in [5, 5.41) is 3.72. The summed E-state index contributed by atoms with van der Waals surface area (Å²) in [5.41, 5.74) is 1.88. The first-order valence-electron chi connectivity index (χ1n) is 6.01. The molecule has 0 saturated carbocycles. The molecule has 1 aromatic heterocycles. The zero-order chi connectivity index (χ0) is 12.5. The molecule has 1 aromatic carbocycles. The predicted molar refractivity (Wildman–Crippen MR) is 69.4 cm³/mol. The van der Waals surface area contributed by atoms with Crippen LogP contribution in [0.3, 0.4) is 0 Å². The van der Waals surface area contributed by atoms with Gasteiger partial charge in [-0.3, -0.25) is 0 Å². The number of benzene rings is 1. The Balaban J connectivity index is 1.86. The summed E-state index contributed by atoms with van der Waals surface area (Å²) in [4.78, 5) is 0. The van der Waals surface area contributed by atoms with Gasteiger partial charge in [-0.05, 0) is 37.1 Å². The van der Waals surface area contributed by atoms with Crippen LogP contribution >= 0.6 is 11.6 Å². The van der Waals surface area contributed by atoms with Gasteiger partial charge in [0.1, 0.15) is 11.6 Å². The Morgan fingerprint density at radius 2 is 2.22 bits per heavy atom. The number of halogens is 2. The number of fused-ring (bicyclic) bond motifs is 1. The lowest BCUT2D eigenvalue weighted by molar-refractivity contribution is 0.461. The molecule has 0 spiro atoms. The SMILES string of the molecule is Fc1cc(Cl)cc(NC2CCCc3occc32)c1. The monoisotopic (exact) mass is 265 g/mol. The number of furan rings is 1. The highest BCUT2D eigenvalue weighted by Gasteiger charge is 2.22. The maximum Gasteiger partial charge on any atom is 0.126 e. The lowest BCUT2D eigenvalue weighted by Crippen LogP contribution is -2.15. The molecule has 1 aliphatic carbocycles. The smallest absolute Gasteiger partial charge is 0.126 e. The Kier molecular flexibility index (Phi) is 3.00. The fourth-order valence-electron chi connectivity index (χ4n) is 2.47. The number of anilines is 1. The molecule has 3 rings (SSSR count). The van der Waals surface area contributed by atoms with Crippen LogP contribution in [0.5, 0.6) is 0 Å². The second kappa shape index (κ2) is 4.65. The van der Waals surface area contributed by atoms with Crippen molar-refractivity contribution in [2.75, 3.05) is 5.32 Å². The van der Waals surface area contributed by atoms with Crippen LogP contribution in [0.25, 0.3) is 0 Å². The average Bonchev–Trinajstić information content (AvgIpc) is 2.76. The molecular formula is C14H13ClFNO. The first-order chi connectivity index (χ1) is 8.72. The third-order valence-electron chi connectivity index (χ3n) is 3.26. The fraction of sp³-hybridized carbons (Fsp3) is 0.286. The molecule has 0 saturated heterocycles. The Bertz CT molecular complexity index is 546. The molecule has 0 radical (unpaired) electrons. The van der Waals surface area contributed by atoms with Crippen molar-refractivity contribution in [3.8, 4) is 0 Å². The summed E-state index contributed by atoms with van der Waals surface area (Å²) in [6.45, 7) is 0. The molecule has 1 unspecified atom stereocenters. The van der Waals surface area contributed by atoms with Crippen LogP contribution in [0.4, 0.5) is 10.1 Å². The maximum atomic E-state index is 13.3.